The first-order valence-electron chi connectivity index (χ1n) is 7.50. The number of carbonyl (C=O) groups excluding carboxylic acids is 1. The van der Waals surface area contributed by atoms with Crippen molar-refractivity contribution in [3.63, 3.8) is 0 Å². The second-order valence-electron chi connectivity index (χ2n) is 5.52. The van der Waals surface area contributed by atoms with Gasteiger partial charge in [0.25, 0.3) is 0 Å². The van der Waals surface area contributed by atoms with E-state index in [9.17, 15) is 4.79 Å². The molecule has 0 saturated heterocycles. The van der Waals surface area contributed by atoms with Crippen molar-refractivity contribution in [2.45, 2.75) is 19.8 Å². The average Bonchev–Trinajstić information content (AvgIpc) is 2.93. The van der Waals surface area contributed by atoms with Gasteiger partial charge in [0.1, 0.15) is 0 Å². The molecule has 3 rings (SSSR count). The fourth-order valence-corrected chi connectivity index (χ4v) is 3.47. The van der Waals surface area contributed by atoms with E-state index in [2.05, 4.69) is 54.0 Å². The summed E-state index contributed by atoms with van der Waals surface area (Å²) < 4.78 is 1.24. The van der Waals surface area contributed by atoms with E-state index < -0.39 is 0 Å². The van der Waals surface area contributed by atoms with Crippen LogP contribution >= 0.6 is 11.3 Å². The van der Waals surface area contributed by atoms with Crippen LogP contribution in [0.2, 0.25) is 0 Å². The van der Waals surface area contributed by atoms with Crippen molar-refractivity contribution in [3.05, 3.63) is 70.6 Å². The van der Waals surface area contributed by atoms with Crippen molar-refractivity contribution in [1.29, 1.82) is 0 Å². The van der Waals surface area contributed by atoms with Crippen LogP contribution in [0.4, 0.5) is 0 Å². The number of fused-ring (bicyclic) bond motifs is 1. The van der Waals surface area contributed by atoms with Crippen LogP contribution in [-0.2, 0) is 17.6 Å². The number of aryl methyl sites for hydroxylation is 1. The van der Waals surface area contributed by atoms with Crippen molar-refractivity contribution >= 4 is 27.3 Å². The smallest absolute Gasteiger partial charge is 0.224 e. The lowest BCUT2D eigenvalue weighted by molar-refractivity contribution is -0.120. The maximum Gasteiger partial charge on any atom is 0.224 e. The Kier molecular flexibility index (Phi) is 4.54. The van der Waals surface area contributed by atoms with Crippen molar-refractivity contribution in [2.75, 3.05) is 6.54 Å². The van der Waals surface area contributed by atoms with Crippen LogP contribution < -0.4 is 5.32 Å². The summed E-state index contributed by atoms with van der Waals surface area (Å²) in [6.07, 6.45) is 1.33. The molecule has 0 bridgehead atoms. The molecule has 112 valence electrons. The molecule has 0 radical (unpaired) electrons. The molecule has 22 heavy (non-hydrogen) atoms. The number of nitrogens with one attached hydrogen (secondary N) is 1. The van der Waals surface area contributed by atoms with Gasteiger partial charge in [0.05, 0.1) is 6.42 Å². The van der Waals surface area contributed by atoms with Gasteiger partial charge in [-0.15, -0.1) is 11.3 Å². The van der Waals surface area contributed by atoms with Gasteiger partial charge in [0, 0.05) is 11.2 Å². The number of carbonyl (C=O) groups is 1. The normalized spacial score (nSPS) is 10.8. The third-order valence-corrected chi connectivity index (χ3v) is 4.78. The van der Waals surface area contributed by atoms with Crippen molar-refractivity contribution in [2.24, 2.45) is 0 Å². The van der Waals surface area contributed by atoms with Gasteiger partial charge in [-0.2, -0.15) is 0 Å². The predicted octanol–water partition coefficient (Wildman–Crippen LogP) is 4.11. The van der Waals surface area contributed by atoms with Crippen molar-refractivity contribution in [3.8, 4) is 0 Å². The Hall–Kier alpha value is -2.13. The largest absolute Gasteiger partial charge is 0.355 e. The number of hydrogen-bond acceptors (Lipinski definition) is 2. The number of benzene rings is 2. The molecule has 1 heterocycles. The molecule has 0 unspecified atom stereocenters. The lowest BCUT2D eigenvalue weighted by atomic mass is 10.1. The highest BCUT2D eigenvalue weighted by atomic mass is 32.1. The molecule has 0 saturated carbocycles. The molecule has 0 fully saturated rings. The van der Waals surface area contributed by atoms with Gasteiger partial charge >= 0.3 is 0 Å². The standard InChI is InChI=1S/C19H19NOS/c1-14-6-8-15(9-7-14)10-11-20-19(21)12-16-13-22-18-5-3-2-4-17(16)18/h2-9,13H,10-12H2,1H3,(H,20,21). The summed E-state index contributed by atoms with van der Waals surface area (Å²) >= 11 is 1.70. The average molecular weight is 309 g/mol. The third-order valence-electron chi connectivity index (χ3n) is 3.77. The van der Waals surface area contributed by atoms with Gasteiger partial charge in [-0.1, -0.05) is 48.0 Å². The Bertz CT molecular complexity index is 773. The number of amides is 1. The highest BCUT2D eigenvalue weighted by molar-refractivity contribution is 7.17. The minimum absolute atomic E-state index is 0.0932. The molecule has 0 aliphatic carbocycles. The van der Waals surface area contributed by atoms with Crippen molar-refractivity contribution in [1.82, 2.24) is 5.32 Å². The summed E-state index contributed by atoms with van der Waals surface area (Å²) in [4.78, 5) is 12.1. The van der Waals surface area contributed by atoms with Crippen LogP contribution in [0.1, 0.15) is 16.7 Å². The lowest BCUT2D eigenvalue weighted by Crippen LogP contribution is -2.27. The minimum atomic E-state index is 0.0932. The lowest BCUT2D eigenvalue weighted by Gasteiger charge is -2.05. The third kappa shape index (κ3) is 3.55. The zero-order valence-corrected chi connectivity index (χ0v) is 13.5. The van der Waals surface area contributed by atoms with E-state index >= 15 is 0 Å². The van der Waals surface area contributed by atoms with E-state index in [4.69, 9.17) is 0 Å². The number of rotatable bonds is 5. The molecule has 3 heteroatoms. The van der Waals surface area contributed by atoms with E-state index in [0.29, 0.717) is 13.0 Å². The van der Waals surface area contributed by atoms with E-state index in [-0.39, 0.29) is 5.91 Å². The Morgan fingerprint density at radius 2 is 1.86 bits per heavy atom. The Morgan fingerprint density at radius 3 is 2.68 bits per heavy atom. The van der Waals surface area contributed by atoms with E-state index in [1.807, 2.05) is 12.1 Å². The summed E-state index contributed by atoms with van der Waals surface area (Å²) in [5.74, 6) is 0.0932. The molecular weight excluding hydrogens is 290 g/mol. The maximum absolute atomic E-state index is 12.1. The molecule has 2 nitrogen and oxygen atoms in total. The van der Waals surface area contributed by atoms with Crippen LogP contribution in [0.25, 0.3) is 10.1 Å². The first-order valence-corrected chi connectivity index (χ1v) is 8.38. The minimum Gasteiger partial charge on any atom is -0.355 e. The number of thiophene rings is 1. The molecule has 0 spiro atoms. The van der Waals surface area contributed by atoms with Gasteiger partial charge in [-0.25, -0.2) is 0 Å². The van der Waals surface area contributed by atoms with Gasteiger partial charge in [0.15, 0.2) is 0 Å². The quantitative estimate of drug-likeness (QED) is 0.755. The van der Waals surface area contributed by atoms with Gasteiger partial charge in [-0.3, -0.25) is 4.79 Å². The fourth-order valence-electron chi connectivity index (χ4n) is 2.51. The summed E-state index contributed by atoms with van der Waals surface area (Å²) in [5.41, 5.74) is 3.64. The zero-order valence-electron chi connectivity index (χ0n) is 12.6. The highest BCUT2D eigenvalue weighted by Crippen LogP contribution is 2.25. The molecule has 1 amide bonds. The van der Waals surface area contributed by atoms with E-state index in [1.165, 1.54) is 21.2 Å². The monoisotopic (exact) mass is 309 g/mol. The second kappa shape index (κ2) is 6.75. The van der Waals surface area contributed by atoms with Crippen LogP contribution in [0.5, 0.6) is 0 Å². The SMILES string of the molecule is Cc1ccc(CCNC(=O)Cc2csc3ccccc23)cc1. The van der Waals surface area contributed by atoms with E-state index in [1.54, 1.807) is 11.3 Å². The maximum atomic E-state index is 12.1. The predicted molar refractivity (Wildman–Crippen MR) is 93.4 cm³/mol. The summed E-state index contributed by atoms with van der Waals surface area (Å²) in [6.45, 7) is 2.76. The highest BCUT2D eigenvalue weighted by Gasteiger charge is 2.08. The zero-order chi connectivity index (χ0) is 15.4. The fraction of sp³-hybridized carbons (Fsp3) is 0.211. The van der Waals surface area contributed by atoms with Gasteiger partial charge in [-0.05, 0) is 41.3 Å². The first kappa shape index (κ1) is 14.8. The van der Waals surface area contributed by atoms with Crippen LogP contribution in [0, 0.1) is 6.92 Å². The summed E-state index contributed by atoms with van der Waals surface area (Å²) in [6, 6.07) is 16.7. The molecule has 2 aromatic carbocycles. The van der Waals surface area contributed by atoms with Gasteiger partial charge in [0.2, 0.25) is 5.91 Å². The summed E-state index contributed by atoms with van der Waals surface area (Å²) in [5, 5.41) is 6.30. The molecule has 1 N–H and O–H groups in total. The van der Waals surface area contributed by atoms with Crippen molar-refractivity contribution < 1.29 is 4.79 Å². The van der Waals surface area contributed by atoms with Crippen LogP contribution in [0.3, 0.4) is 0 Å². The Labute approximate surface area is 134 Å². The number of hydrogen-bond donors (Lipinski definition) is 1. The van der Waals surface area contributed by atoms with E-state index in [0.717, 1.165) is 12.0 Å². The molecule has 0 aliphatic heterocycles. The molecule has 0 aliphatic rings. The molecule has 3 aromatic rings. The summed E-state index contributed by atoms with van der Waals surface area (Å²) in [7, 11) is 0. The first-order chi connectivity index (χ1) is 10.7. The Morgan fingerprint density at radius 1 is 1.09 bits per heavy atom. The van der Waals surface area contributed by atoms with Crippen LogP contribution in [-0.4, -0.2) is 12.5 Å². The second-order valence-corrected chi connectivity index (χ2v) is 6.43. The van der Waals surface area contributed by atoms with Crippen LogP contribution in [0.15, 0.2) is 53.9 Å². The molecular formula is C19H19NOS. The Balaban J connectivity index is 1.53. The molecule has 0 atom stereocenters. The topological polar surface area (TPSA) is 29.1 Å². The van der Waals surface area contributed by atoms with Gasteiger partial charge < -0.3 is 5.32 Å². The molecule has 1 aromatic heterocycles.